The largest absolute Gasteiger partial charge is 0.343 e. The quantitative estimate of drug-likeness (QED) is 0.799. The Morgan fingerprint density at radius 3 is 2.37 bits per heavy atom. The minimum absolute atomic E-state index is 0.0139. The van der Waals surface area contributed by atoms with Gasteiger partial charge < -0.3 is 4.90 Å². The first-order valence-corrected chi connectivity index (χ1v) is 9.11. The molecule has 0 unspecified atom stereocenters. The molecule has 1 amide bonds. The maximum Gasteiger partial charge on any atom is 0.223 e. The molecule has 1 rings (SSSR count). The summed E-state index contributed by atoms with van der Waals surface area (Å²) >= 11 is 0. The van der Waals surface area contributed by atoms with E-state index in [0.29, 0.717) is 5.92 Å². The van der Waals surface area contributed by atoms with Crippen LogP contribution in [0, 0.1) is 11.3 Å². The van der Waals surface area contributed by atoms with Crippen LogP contribution in [0.3, 0.4) is 0 Å². The van der Waals surface area contributed by atoms with Crippen molar-refractivity contribution in [2.24, 2.45) is 11.3 Å². The molecule has 4 nitrogen and oxygen atoms in total. The molecule has 0 saturated carbocycles. The zero-order valence-electron chi connectivity index (χ0n) is 12.6. The van der Waals surface area contributed by atoms with Gasteiger partial charge in [0.1, 0.15) is 9.84 Å². The number of hydrogen-bond acceptors (Lipinski definition) is 3. The average Bonchev–Trinajstić information content (AvgIpc) is 2.49. The molecule has 0 aromatic carbocycles. The van der Waals surface area contributed by atoms with Crippen molar-refractivity contribution in [3.05, 3.63) is 0 Å². The van der Waals surface area contributed by atoms with Crippen LogP contribution in [0.2, 0.25) is 0 Å². The highest BCUT2D eigenvalue weighted by molar-refractivity contribution is 7.90. The van der Waals surface area contributed by atoms with Gasteiger partial charge in [-0.05, 0) is 30.6 Å². The monoisotopic (exact) mass is 289 g/mol. The van der Waals surface area contributed by atoms with Gasteiger partial charge in [0.25, 0.3) is 0 Å². The number of carbonyl (C=O) groups excluding carboxylic acids is 1. The van der Waals surface area contributed by atoms with E-state index in [1.807, 2.05) is 4.90 Å². The Morgan fingerprint density at radius 2 is 1.84 bits per heavy atom. The fourth-order valence-electron chi connectivity index (χ4n) is 2.64. The van der Waals surface area contributed by atoms with Crippen LogP contribution < -0.4 is 0 Å². The lowest BCUT2D eigenvalue weighted by molar-refractivity contribution is -0.130. The molecule has 0 spiro atoms. The lowest BCUT2D eigenvalue weighted by Crippen LogP contribution is -2.33. The van der Waals surface area contributed by atoms with Gasteiger partial charge in [-0.1, -0.05) is 20.8 Å². The predicted octanol–water partition coefficient (Wildman–Crippen LogP) is 2.10. The van der Waals surface area contributed by atoms with E-state index < -0.39 is 9.84 Å². The first kappa shape index (κ1) is 16.5. The van der Waals surface area contributed by atoms with Gasteiger partial charge in [-0.25, -0.2) is 8.42 Å². The molecule has 0 aliphatic carbocycles. The lowest BCUT2D eigenvalue weighted by Gasteiger charge is -2.29. The van der Waals surface area contributed by atoms with E-state index in [2.05, 4.69) is 20.8 Å². The number of amides is 1. The fourth-order valence-corrected chi connectivity index (χ4v) is 3.19. The van der Waals surface area contributed by atoms with Crippen LogP contribution in [-0.2, 0) is 14.6 Å². The second-order valence-electron chi connectivity index (χ2n) is 6.75. The molecule has 0 aromatic rings. The first-order valence-electron chi connectivity index (χ1n) is 7.05. The Kier molecular flexibility index (Phi) is 5.42. The Labute approximate surface area is 117 Å². The van der Waals surface area contributed by atoms with Gasteiger partial charge in [-0.3, -0.25) is 4.79 Å². The standard InChI is InChI=1S/C14H27NO3S/c1-14(2,3)12-6-5-9-15(10-7-12)13(16)8-11-19(4,17)18/h12H,5-11H2,1-4H3/t12-/m1/s1. The highest BCUT2D eigenvalue weighted by Crippen LogP contribution is 2.34. The van der Waals surface area contributed by atoms with Crippen molar-refractivity contribution in [2.45, 2.75) is 46.5 Å². The van der Waals surface area contributed by atoms with Crippen LogP contribution in [0.1, 0.15) is 46.5 Å². The SMILES string of the molecule is CC(C)(C)[C@@H]1CCCN(C(=O)CCS(C)(=O)=O)CC1. The van der Waals surface area contributed by atoms with Crippen LogP contribution in [0.4, 0.5) is 0 Å². The third-order valence-electron chi connectivity index (χ3n) is 3.99. The minimum Gasteiger partial charge on any atom is -0.343 e. The summed E-state index contributed by atoms with van der Waals surface area (Å²) in [6.07, 6.45) is 4.50. The summed E-state index contributed by atoms with van der Waals surface area (Å²) in [6.45, 7) is 8.29. The number of hydrogen-bond donors (Lipinski definition) is 0. The highest BCUT2D eigenvalue weighted by atomic mass is 32.2. The second kappa shape index (κ2) is 6.25. The number of carbonyl (C=O) groups is 1. The van der Waals surface area contributed by atoms with Crippen molar-refractivity contribution in [1.82, 2.24) is 4.90 Å². The highest BCUT2D eigenvalue weighted by Gasteiger charge is 2.28. The van der Waals surface area contributed by atoms with E-state index >= 15 is 0 Å². The zero-order chi connectivity index (χ0) is 14.7. The van der Waals surface area contributed by atoms with E-state index in [1.165, 1.54) is 6.26 Å². The third kappa shape index (κ3) is 5.93. The van der Waals surface area contributed by atoms with E-state index in [-0.39, 0.29) is 23.5 Å². The molecular formula is C14H27NO3S. The van der Waals surface area contributed by atoms with E-state index in [4.69, 9.17) is 0 Å². The van der Waals surface area contributed by atoms with Crippen molar-refractivity contribution in [3.8, 4) is 0 Å². The molecule has 1 heterocycles. The molecule has 1 aliphatic heterocycles. The molecule has 0 aromatic heterocycles. The third-order valence-corrected chi connectivity index (χ3v) is 4.94. The molecule has 1 fully saturated rings. The average molecular weight is 289 g/mol. The normalized spacial score (nSPS) is 22.1. The Morgan fingerprint density at radius 1 is 1.21 bits per heavy atom. The van der Waals surface area contributed by atoms with E-state index in [0.717, 1.165) is 32.4 Å². The van der Waals surface area contributed by atoms with E-state index in [9.17, 15) is 13.2 Å². The van der Waals surface area contributed by atoms with Crippen LogP contribution in [0.25, 0.3) is 0 Å². The van der Waals surface area contributed by atoms with Crippen LogP contribution in [0.5, 0.6) is 0 Å². The minimum atomic E-state index is -3.05. The summed E-state index contributed by atoms with van der Waals surface area (Å²) in [6, 6.07) is 0. The van der Waals surface area contributed by atoms with Gasteiger partial charge in [0.05, 0.1) is 5.75 Å². The summed E-state index contributed by atoms with van der Waals surface area (Å²) in [5.74, 6) is 0.589. The molecular weight excluding hydrogens is 262 g/mol. The Hall–Kier alpha value is -0.580. The van der Waals surface area contributed by atoms with Crippen molar-refractivity contribution in [2.75, 3.05) is 25.1 Å². The summed E-state index contributed by atoms with van der Waals surface area (Å²) in [5, 5.41) is 0. The van der Waals surface area contributed by atoms with Crippen LogP contribution in [-0.4, -0.2) is 44.3 Å². The van der Waals surface area contributed by atoms with Crippen LogP contribution >= 0.6 is 0 Å². The summed E-state index contributed by atoms with van der Waals surface area (Å²) in [7, 11) is -3.05. The molecule has 1 saturated heterocycles. The molecule has 5 heteroatoms. The lowest BCUT2D eigenvalue weighted by atomic mass is 9.77. The molecule has 0 radical (unpaired) electrons. The van der Waals surface area contributed by atoms with Crippen molar-refractivity contribution in [1.29, 1.82) is 0 Å². The number of likely N-dealkylation sites (tertiary alicyclic amines) is 1. The van der Waals surface area contributed by atoms with Crippen LogP contribution in [0.15, 0.2) is 0 Å². The topological polar surface area (TPSA) is 54.5 Å². The van der Waals surface area contributed by atoms with Crippen molar-refractivity contribution in [3.63, 3.8) is 0 Å². The Bertz CT molecular complexity index is 409. The summed E-state index contributed by atoms with van der Waals surface area (Å²) < 4.78 is 22.2. The molecule has 1 aliphatic rings. The van der Waals surface area contributed by atoms with Gasteiger partial charge in [0, 0.05) is 25.8 Å². The molecule has 0 N–H and O–H groups in total. The molecule has 0 bridgehead atoms. The van der Waals surface area contributed by atoms with Crippen molar-refractivity contribution < 1.29 is 13.2 Å². The summed E-state index contributed by atoms with van der Waals surface area (Å²) in [5.41, 5.74) is 0.284. The number of nitrogens with zero attached hydrogens (tertiary/aromatic N) is 1. The van der Waals surface area contributed by atoms with Gasteiger partial charge in [0.15, 0.2) is 0 Å². The molecule has 19 heavy (non-hydrogen) atoms. The second-order valence-corrected chi connectivity index (χ2v) is 9.01. The smallest absolute Gasteiger partial charge is 0.223 e. The van der Waals surface area contributed by atoms with Gasteiger partial charge in [0.2, 0.25) is 5.91 Å². The molecule has 1 atom stereocenters. The zero-order valence-corrected chi connectivity index (χ0v) is 13.4. The first-order chi connectivity index (χ1) is 8.59. The van der Waals surface area contributed by atoms with Gasteiger partial charge in [-0.2, -0.15) is 0 Å². The molecule has 112 valence electrons. The maximum absolute atomic E-state index is 12.0. The van der Waals surface area contributed by atoms with E-state index in [1.54, 1.807) is 0 Å². The summed E-state index contributed by atoms with van der Waals surface area (Å²) in [4.78, 5) is 13.9. The fraction of sp³-hybridized carbons (Fsp3) is 0.929. The predicted molar refractivity (Wildman–Crippen MR) is 77.7 cm³/mol. The van der Waals surface area contributed by atoms with Crippen molar-refractivity contribution >= 4 is 15.7 Å². The Balaban J connectivity index is 2.51. The number of sulfone groups is 1. The van der Waals surface area contributed by atoms with Gasteiger partial charge in [-0.15, -0.1) is 0 Å². The maximum atomic E-state index is 12.0. The van der Waals surface area contributed by atoms with Gasteiger partial charge >= 0.3 is 0 Å². The number of rotatable bonds is 3.